The van der Waals surface area contributed by atoms with E-state index < -0.39 is 0 Å². The van der Waals surface area contributed by atoms with E-state index in [9.17, 15) is 0 Å². The van der Waals surface area contributed by atoms with E-state index in [0.717, 1.165) is 13.1 Å². The second-order valence-electron chi connectivity index (χ2n) is 4.51. The van der Waals surface area contributed by atoms with E-state index in [-0.39, 0.29) is 12.4 Å². The van der Waals surface area contributed by atoms with Gasteiger partial charge in [-0.15, -0.1) is 23.7 Å². The van der Waals surface area contributed by atoms with Crippen LogP contribution in [0.4, 0.5) is 0 Å². The van der Waals surface area contributed by atoms with Crippen LogP contribution in [0, 0.1) is 0 Å². The van der Waals surface area contributed by atoms with Crippen molar-refractivity contribution in [3.63, 3.8) is 0 Å². The zero-order valence-corrected chi connectivity index (χ0v) is 12.0. The van der Waals surface area contributed by atoms with Crippen molar-refractivity contribution in [2.45, 2.75) is 32.2 Å². The number of unbranched alkanes of at least 4 members (excludes halogenated alkanes) is 1. The van der Waals surface area contributed by atoms with Crippen LogP contribution in [0.15, 0.2) is 17.5 Å². The lowest BCUT2D eigenvalue weighted by Crippen LogP contribution is -2.22. The molecule has 0 aliphatic carbocycles. The molecule has 1 aromatic heterocycles. The molecule has 17 heavy (non-hydrogen) atoms. The monoisotopic (exact) mass is 274 g/mol. The van der Waals surface area contributed by atoms with Gasteiger partial charge in [0.1, 0.15) is 0 Å². The number of halogens is 1. The van der Waals surface area contributed by atoms with Crippen LogP contribution in [0.3, 0.4) is 0 Å². The molecule has 0 saturated carbocycles. The van der Waals surface area contributed by atoms with E-state index in [1.165, 1.54) is 50.2 Å². The Morgan fingerprint density at radius 3 is 2.76 bits per heavy atom. The lowest BCUT2D eigenvalue weighted by Gasteiger charge is -2.13. The van der Waals surface area contributed by atoms with Gasteiger partial charge in [-0.3, -0.25) is 0 Å². The molecule has 1 aromatic rings. The van der Waals surface area contributed by atoms with E-state index in [1.54, 1.807) is 0 Å². The molecule has 1 fully saturated rings. The van der Waals surface area contributed by atoms with Gasteiger partial charge in [-0.05, 0) is 63.3 Å². The summed E-state index contributed by atoms with van der Waals surface area (Å²) in [4.78, 5) is 4.04. The number of thiophene rings is 1. The summed E-state index contributed by atoms with van der Waals surface area (Å²) in [6.45, 7) is 6.18. The number of nitrogens with zero attached hydrogens (tertiary/aromatic N) is 1. The van der Waals surface area contributed by atoms with Crippen molar-refractivity contribution < 1.29 is 0 Å². The van der Waals surface area contributed by atoms with Gasteiger partial charge < -0.3 is 10.2 Å². The Morgan fingerprint density at radius 1 is 1.24 bits per heavy atom. The third-order valence-electron chi connectivity index (χ3n) is 3.16. The minimum atomic E-state index is 0. The molecule has 2 heterocycles. The standard InChI is InChI=1S/C13H22N2S.ClH/c1(2-8-15-9-3-4-10-15)7-14-12-13-6-5-11-16-13;/h5-6,11,14H,1-4,7-10,12H2;1H. The Bertz CT molecular complexity index is 271. The number of nitrogens with one attached hydrogen (secondary N) is 1. The normalized spacial score (nSPS) is 16.0. The van der Waals surface area contributed by atoms with Crippen molar-refractivity contribution in [2.75, 3.05) is 26.2 Å². The first-order valence-electron chi connectivity index (χ1n) is 6.40. The second kappa shape index (κ2) is 8.92. The molecule has 2 rings (SSSR count). The molecule has 1 saturated heterocycles. The fourth-order valence-corrected chi connectivity index (χ4v) is 2.89. The second-order valence-corrected chi connectivity index (χ2v) is 5.54. The zero-order valence-electron chi connectivity index (χ0n) is 10.4. The molecule has 1 N–H and O–H groups in total. The average Bonchev–Trinajstić information content (AvgIpc) is 2.96. The largest absolute Gasteiger partial charge is 0.312 e. The summed E-state index contributed by atoms with van der Waals surface area (Å²) in [5.74, 6) is 0. The zero-order chi connectivity index (χ0) is 11.1. The van der Waals surface area contributed by atoms with Crippen molar-refractivity contribution in [1.82, 2.24) is 10.2 Å². The lowest BCUT2D eigenvalue weighted by atomic mass is 10.3. The van der Waals surface area contributed by atoms with Crippen LogP contribution < -0.4 is 5.32 Å². The SMILES string of the molecule is Cl.c1csc(CNCCCCN2CCCC2)c1. The summed E-state index contributed by atoms with van der Waals surface area (Å²) < 4.78 is 0. The third kappa shape index (κ3) is 5.87. The van der Waals surface area contributed by atoms with E-state index in [4.69, 9.17) is 0 Å². The molecule has 4 heteroatoms. The highest BCUT2D eigenvalue weighted by atomic mass is 35.5. The highest BCUT2D eigenvalue weighted by Crippen LogP contribution is 2.09. The molecule has 0 radical (unpaired) electrons. The molecule has 1 aliphatic rings. The molecule has 1 aliphatic heterocycles. The van der Waals surface area contributed by atoms with Crippen LogP contribution in [0.25, 0.3) is 0 Å². The third-order valence-corrected chi connectivity index (χ3v) is 4.03. The van der Waals surface area contributed by atoms with Gasteiger partial charge in [0.25, 0.3) is 0 Å². The highest BCUT2D eigenvalue weighted by molar-refractivity contribution is 7.09. The topological polar surface area (TPSA) is 15.3 Å². The lowest BCUT2D eigenvalue weighted by molar-refractivity contribution is 0.329. The van der Waals surface area contributed by atoms with E-state index in [0.29, 0.717) is 0 Å². The fraction of sp³-hybridized carbons (Fsp3) is 0.692. The van der Waals surface area contributed by atoms with Crippen LogP contribution in [-0.2, 0) is 6.54 Å². The number of likely N-dealkylation sites (tertiary alicyclic amines) is 1. The summed E-state index contributed by atoms with van der Waals surface area (Å²) in [6, 6.07) is 4.32. The van der Waals surface area contributed by atoms with Gasteiger partial charge in [-0.2, -0.15) is 0 Å². The predicted octanol–water partition coefficient (Wildman–Crippen LogP) is 3.14. The van der Waals surface area contributed by atoms with E-state index >= 15 is 0 Å². The van der Waals surface area contributed by atoms with Crippen LogP contribution in [0.1, 0.15) is 30.6 Å². The van der Waals surface area contributed by atoms with E-state index in [2.05, 4.69) is 27.7 Å². The molecule has 0 unspecified atom stereocenters. The molecule has 0 amide bonds. The number of hydrogen-bond donors (Lipinski definition) is 1. The summed E-state index contributed by atoms with van der Waals surface area (Å²) in [7, 11) is 0. The van der Waals surface area contributed by atoms with E-state index in [1.807, 2.05) is 11.3 Å². The first-order chi connectivity index (χ1) is 7.95. The number of rotatable bonds is 7. The van der Waals surface area contributed by atoms with Gasteiger partial charge >= 0.3 is 0 Å². The first-order valence-corrected chi connectivity index (χ1v) is 7.28. The molecular formula is C13H23ClN2S. The predicted molar refractivity (Wildman–Crippen MR) is 78.2 cm³/mol. The van der Waals surface area contributed by atoms with Crippen LogP contribution >= 0.6 is 23.7 Å². The first kappa shape index (κ1) is 15.0. The summed E-state index contributed by atoms with van der Waals surface area (Å²) >= 11 is 1.84. The molecular weight excluding hydrogens is 252 g/mol. The van der Waals surface area contributed by atoms with Gasteiger partial charge in [0.2, 0.25) is 0 Å². The Kier molecular flexibility index (Phi) is 7.86. The van der Waals surface area contributed by atoms with Crippen molar-refractivity contribution in [2.24, 2.45) is 0 Å². The Labute approximate surface area is 115 Å². The highest BCUT2D eigenvalue weighted by Gasteiger charge is 2.09. The van der Waals surface area contributed by atoms with Crippen molar-refractivity contribution >= 4 is 23.7 Å². The minimum Gasteiger partial charge on any atom is -0.312 e. The maximum Gasteiger partial charge on any atom is 0.0299 e. The van der Waals surface area contributed by atoms with Crippen molar-refractivity contribution in [3.05, 3.63) is 22.4 Å². The average molecular weight is 275 g/mol. The van der Waals surface area contributed by atoms with Crippen LogP contribution in [0.5, 0.6) is 0 Å². The van der Waals surface area contributed by atoms with Crippen molar-refractivity contribution in [3.8, 4) is 0 Å². The van der Waals surface area contributed by atoms with Crippen molar-refractivity contribution in [1.29, 1.82) is 0 Å². The summed E-state index contributed by atoms with van der Waals surface area (Å²) in [5, 5.41) is 5.65. The van der Waals surface area contributed by atoms with Gasteiger partial charge in [0.15, 0.2) is 0 Å². The molecule has 0 bridgehead atoms. The van der Waals surface area contributed by atoms with Gasteiger partial charge in [0, 0.05) is 11.4 Å². The molecule has 2 nitrogen and oxygen atoms in total. The van der Waals surface area contributed by atoms with Gasteiger partial charge in [-0.25, -0.2) is 0 Å². The Balaban J connectivity index is 0.00000144. The summed E-state index contributed by atoms with van der Waals surface area (Å²) in [6.07, 6.45) is 5.48. The molecule has 0 spiro atoms. The number of hydrogen-bond acceptors (Lipinski definition) is 3. The fourth-order valence-electron chi connectivity index (χ4n) is 2.22. The molecule has 0 atom stereocenters. The smallest absolute Gasteiger partial charge is 0.0299 e. The van der Waals surface area contributed by atoms with Crippen LogP contribution in [-0.4, -0.2) is 31.1 Å². The van der Waals surface area contributed by atoms with Gasteiger partial charge in [-0.1, -0.05) is 6.07 Å². The Morgan fingerprint density at radius 2 is 2.06 bits per heavy atom. The quantitative estimate of drug-likeness (QED) is 0.769. The van der Waals surface area contributed by atoms with Crippen LogP contribution in [0.2, 0.25) is 0 Å². The maximum atomic E-state index is 3.51. The minimum absolute atomic E-state index is 0. The van der Waals surface area contributed by atoms with Gasteiger partial charge in [0.05, 0.1) is 0 Å². The maximum absolute atomic E-state index is 3.51. The molecule has 0 aromatic carbocycles. The summed E-state index contributed by atoms with van der Waals surface area (Å²) in [5.41, 5.74) is 0. The molecule has 98 valence electrons. The Hall–Kier alpha value is -0.0900.